The first-order valence-electron chi connectivity index (χ1n) is 6.76. The van der Waals surface area contributed by atoms with Crippen molar-refractivity contribution in [2.75, 3.05) is 13.7 Å². The Morgan fingerprint density at radius 2 is 2.15 bits per heavy atom. The fourth-order valence-corrected chi connectivity index (χ4v) is 1.96. The SMILES string of the molecule is CCCNC(Cc1ncnc(OC)c1[N+](=O)[O-])C(C)C. The summed E-state index contributed by atoms with van der Waals surface area (Å²) < 4.78 is 4.96. The van der Waals surface area contributed by atoms with Gasteiger partial charge in [-0.1, -0.05) is 20.8 Å². The number of methoxy groups -OCH3 is 1. The zero-order chi connectivity index (χ0) is 15.1. The first-order valence-corrected chi connectivity index (χ1v) is 6.76. The van der Waals surface area contributed by atoms with Crippen molar-refractivity contribution < 1.29 is 9.66 Å². The predicted octanol–water partition coefficient (Wildman–Crippen LogP) is 1.96. The zero-order valence-corrected chi connectivity index (χ0v) is 12.4. The highest BCUT2D eigenvalue weighted by atomic mass is 16.6. The second-order valence-electron chi connectivity index (χ2n) is 4.94. The minimum absolute atomic E-state index is 0.0120. The van der Waals surface area contributed by atoms with E-state index in [1.54, 1.807) is 0 Å². The Bertz CT molecular complexity index is 451. The topological polar surface area (TPSA) is 90.2 Å². The van der Waals surface area contributed by atoms with Gasteiger partial charge in [0.2, 0.25) is 0 Å². The Hall–Kier alpha value is -1.76. The lowest BCUT2D eigenvalue weighted by atomic mass is 9.98. The fraction of sp³-hybridized carbons (Fsp3) is 0.692. The number of nitro groups is 1. The van der Waals surface area contributed by atoms with Crippen molar-refractivity contribution >= 4 is 5.69 Å². The maximum Gasteiger partial charge on any atom is 0.352 e. The first-order chi connectivity index (χ1) is 9.51. The van der Waals surface area contributed by atoms with Gasteiger partial charge < -0.3 is 10.1 Å². The van der Waals surface area contributed by atoms with Crippen LogP contribution in [0.3, 0.4) is 0 Å². The van der Waals surface area contributed by atoms with Gasteiger partial charge in [0.15, 0.2) is 0 Å². The monoisotopic (exact) mass is 282 g/mol. The molecule has 1 aromatic rings. The lowest BCUT2D eigenvalue weighted by molar-refractivity contribution is -0.387. The van der Waals surface area contributed by atoms with E-state index in [1.807, 2.05) is 0 Å². The van der Waals surface area contributed by atoms with Crippen LogP contribution in [0.5, 0.6) is 5.88 Å². The molecule has 20 heavy (non-hydrogen) atoms. The molecule has 0 amide bonds. The molecular weight excluding hydrogens is 260 g/mol. The molecular formula is C13H22N4O3. The number of nitrogens with zero attached hydrogens (tertiary/aromatic N) is 3. The lowest BCUT2D eigenvalue weighted by Gasteiger charge is -2.21. The molecule has 0 fully saturated rings. The molecule has 1 aromatic heterocycles. The van der Waals surface area contributed by atoms with Crippen molar-refractivity contribution in [1.29, 1.82) is 0 Å². The quantitative estimate of drug-likeness (QED) is 0.579. The van der Waals surface area contributed by atoms with E-state index in [4.69, 9.17) is 4.74 Å². The summed E-state index contributed by atoms with van der Waals surface area (Å²) in [5.41, 5.74) is 0.267. The van der Waals surface area contributed by atoms with E-state index in [2.05, 4.69) is 36.1 Å². The zero-order valence-electron chi connectivity index (χ0n) is 12.4. The molecule has 7 nitrogen and oxygen atoms in total. The van der Waals surface area contributed by atoms with E-state index < -0.39 is 4.92 Å². The molecule has 0 saturated carbocycles. The van der Waals surface area contributed by atoms with E-state index in [9.17, 15) is 10.1 Å². The highest BCUT2D eigenvalue weighted by Gasteiger charge is 2.26. The summed E-state index contributed by atoms with van der Waals surface area (Å²) in [6.07, 6.45) is 2.80. The molecule has 0 radical (unpaired) electrons. The van der Waals surface area contributed by atoms with Crippen LogP contribution in [-0.2, 0) is 6.42 Å². The van der Waals surface area contributed by atoms with Crippen LogP contribution in [-0.4, -0.2) is 34.6 Å². The standard InChI is InChI=1S/C13H22N4O3/c1-5-6-14-10(9(2)3)7-11-12(17(18)19)13(20-4)16-8-15-11/h8-10,14H,5-7H2,1-4H3. The molecule has 1 unspecified atom stereocenters. The number of rotatable bonds is 8. The van der Waals surface area contributed by atoms with E-state index in [-0.39, 0.29) is 17.6 Å². The molecule has 0 bridgehead atoms. The van der Waals surface area contributed by atoms with E-state index >= 15 is 0 Å². The van der Waals surface area contributed by atoms with Gasteiger partial charge in [0.25, 0.3) is 5.88 Å². The highest BCUT2D eigenvalue weighted by molar-refractivity contribution is 5.44. The summed E-state index contributed by atoms with van der Waals surface area (Å²) in [6.45, 7) is 7.12. The number of hydrogen-bond donors (Lipinski definition) is 1. The van der Waals surface area contributed by atoms with Crippen molar-refractivity contribution in [3.05, 3.63) is 22.1 Å². The molecule has 1 heterocycles. The van der Waals surface area contributed by atoms with Gasteiger partial charge in [-0.25, -0.2) is 4.98 Å². The molecule has 7 heteroatoms. The Balaban J connectivity index is 3.02. The number of nitrogens with one attached hydrogen (secondary N) is 1. The Morgan fingerprint density at radius 1 is 1.45 bits per heavy atom. The molecule has 0 aromatic carbocycles. The van der Waals surface area contributed by atoms with Crippen molar-refractivity contribution in [3.8, 4) is 5.88 Å². The van der Waals surface area contributed by atoms with E-state index in [0.717, 1.165) is 13.0 Å². The molecule has 0 spiro atoms. The molecule has 1 rings (SSSR count). The highest BCUT2D eigenvalue weighted by Crippen LogP contribution is 2.28. The molecule has 0 aliphatic heterocycles. The molecule has 0 aliphatic rings. The van der Waals surface area contributed by atoms with Gasteiger partial charge >= 0.3 is 5.69 Å². The number of aromatic nitrogens is 2. The molecule has 112 valence electrons. The van der Waals surface area contributed by atoms with Gasteiger partial charge in [0.05, 0.1) is 12.0 Å². The normalized spacial score (nSPS) is 12.4. The predicted molar refractivity (Wildman–Crippen MR) is 75.9 cm³/mol. The van der Waals surface area contributed by atoms with Crippen molar-refractivity contribution in [2.45, 2.75) is 39.7 Å². The largest absolute Gasteiger partial charge is 0.476 e. The third-order valence-corrected chi connectivity index (χ3v) is 3.11. The average molecular weight is 282 g/mol. The van der Waals surface area contributed by atoms with Gasteiger partial charge in [0.1, 0.15) is 12.0 Å². The Labute approximate surface area is 118 Å². The Morgan fingerprint density at radius 3 is 2.65 bits per heavy atom. The summed E-state index contributed by atoms with van der Waals surface area (Å²) in [5, 5.41) is 14.6. The van der Waals surface area contributed by atoms with Gasteiger partial charge in [-0.2, -0.15) is 4.98 Å². The van der Waals surface area contributed by atoms with Gasteiger partial charge in [-0.3, -0.25) is 10.1 Å². The van der Waals surface area contributed by atoms with Gasteiger partial charge in [0, 0.05) is 12.5 Å². The maximum atomic E-state index is 11.2. The van der Waals surface area contributed by atoms with Crippen LogP contribution < -0.4 is 10.1 Å². The van der Waals surface area contributed by atoms with Crippen LogP contribution in [0.1, 0.15) is 32.9 Å². The van der Waals surface area contributed by atoms with Crippen LogP contribution in [0.4, 0.5) is 5.69 Å². The fourth-order valence-electron chi connectivity index (χ4n) is 1.96. The molecule has 0 aliphatic carbocycles. The second kappa shape index (κ2) is 7.74. The third kappa shape index (κ3) is 4.12. The maximum absolute atomic E-state index is 11.2. The first kappa shape index (κ1) is 16.3. The van der Waals surface area contributed by atoms with Gasteiger partial charge in [-0.15, -0.1) is 0 Å². The smallest absolute Gasteiger partial charge is 0.352 e. The molecule has 1 atom stereocenters. The minimum atomic E-state index is -0.481. The van der Waals surface area contributed by atoms with Gasteiger partial charge in [-0.05, 0) is 18.9 Å². The number of hydrogen-bond acceptors (Lipinski definition) is 6. The van der Waals surface area contributed by atoms with Crippen LogP contribution in [0, 0.1) is 16.0 Å². The summed E-state index contributed by atoms with van der Waals surface area (Å²) in [7, 11) is 1.37. The lowest BCUT2D eigenvalue weighted by Crippen LogP contribution is -2.36. The van der Waals surface area contributed by atoms with Crippen molar-refractivity contribution in [3.63, 3.8) is 0 Å². The van der Waals surface area contributed by atoms with Crippen LogP contribution in [0.15, 0.2) is 6.33 Å². The summed E-state index contributed by atoms with van der Waals surface area (Å²) in [6, 6.07) is 0.133. The summed E-state index contributed by atoms with van der Waals surface area (Å²) in [4.78, 5) is 18.6. The summed E-state index contributed by atoms with van der Waals surface area (Å²) >= 11 is 0. The van der Waals surface area contributed by atoms with Crippen molar-refractivity contribution in [1.82, 2.24) is 15.3 Å². The third-order valence-electron chi connectivity index (χ3n) is 3.11. The average Bonchev–Trinajstić information content (AvgIpc) is 2.42. The van der Waals surface area contributed by atoms with Crippen molar-refractivity contribution in [2.24, 2.45) is 5.92 Å². The van der Waals surface area contributed by atoms with Crippen LogP contribution in [0.2, 0.25) is 0 Å². The second-order valence-corrected chi connectivity index (χ2v) is 4.94. The summed E-state index contributed by atoms with van der Waals surface area (Å²) in [5.74, 6) is 0.361. The van der Waals surface area contributed by atoms with E-state index in [1.165, 1.54) is 13.4 Å². The molecule has 0 saturated heterocycles. The number of ether oxygens (including phenoxy) is 1. The van der Waals surface area contributed by atoms with E-state index in [0.29, 0.717) is 18.0 Å². The van der Waals surface area contributed by atoms with Crippen LogP contribution in [0.25, 0.3) is 0 Å². The molecule has 1 N–H and O–H groups in total. The van der Waals surface area contributed by atoms with Crippen LogP contribution >= 0.6 is 0 Å². The Kier molecular flexibility index (Phi) is 6.30. The minimum Gasteiger partial charge on any atom is -0.476 e.